The minimum absolute atomic E-state index is 0.0487. The Bertz CT molecular complexity index is 846. The molecule has 0 saturated heterocycles. The minimum atomic E-state index is -0.253. The van der Waals surface area contributed by atoms with Gasteiger partial charge in [0.1, 0.15) is 0 Å². The van der Waals surface area contributed by atoms with E-state index in [2.05, 4.69) is 26.0 Å². The van der Waals surface area contributed by atoms with Crippen molar-refractivity contribution in [1.29, 1.82) is 0 Å². The second-order valence-corrected chi connectivity index (χ2v) is 5.93. The summed E-state index contributed by atoms with van der Waals surface area (Å²) in [5, 5.41) is 15.6. The number of carbonyl (C=O) groups excluding carboxylic acids is 2. The number of aromatic amines is 1. The van der Waals surface area contributed by atoms with Crippen LogP contribution in [0.3, 0.4) is 0 Å². The Balaban J connectivity index is 1.30. The van der Waals surface area contributed by atoms with Crippen LogP contribution >= 0.6 is 0 Å². The SMILES string of the molecule is O=C(NC1CC(NC(=O)c2cn[nH]n2)C1)c1cc2ccccn2c1. The average Bonchev–Trinajstić information content (AvgIpc) is 3.21. The fourth-order valence-electron chi connectivity index (χ4n) is 2.87. The largest absolute Gasteiger partial charge is 0.349 e. The van der Waals surface area contributed by atoms with E-state index >= 15 is 0 Å². The van der Waals surface area contributed by atoms with Crippen LogP contribution in [0.5, 0.6) is 0 Å². The quantitative estimate of drug-likeness (QED) is 0.658. The van der Waals surface area contributed by atoms with Crippen molar-refractivity contribution in [1.82, 2.24) is 30.4 Å². The number of fused-ring (bicyclic) bond motifs is 1. The van der Waals surface area contributed by atoms with Crippen LogP contribution in [0.1, 0.15) is 33.7 Å². The van der Waals surface area contributed by atoms with Crippen LogP contribution in [0.15, 0.2) is 42.9 Å². The molecule has 0 spiro atoms. The molecule has 3 N–H and O–H groups in total. The number of nitrogens with one attached hydrogen (secondary N) is 3. The highest BCUT2D eigenvalue weighted by atomic mass is 16.2. The Morgan fingerprint density at radius 3 is 2.67 bits per heavy atom. The van der Waals surface area contributed by atoms with Crippen molar-refractivity contribution in [2.24, 2.45) is 0 Å². The van der Waals surface area contributed by atoms with Crippen LogP contribution in [0.4, 0.5) is 0 Å². The summed E-state index contributed by atoms with van der Waals surface area (Å²) in [4.78, 5) is 24.1. The lowest BCUT2D eigenvalue weighted by Gasteiger charge is -2.36. The number of hydrogen-bond acceptors (Lipinski definition) is 4. The monoisotopic (exact) mass is 324 g/mol. The van der Waals surface area contributed by atoms with Gasteiger partial charge in [-0.3, -0.25) is 9.59 Å². The second-order valence-electron chi connectivity index (χ2n) is 5.93. The summed E-state index contributed by atoms with van der Waals surface area (Å²) in [6, 6.07) is 7.79. The van der Waals surface area contributed by atoms with Gasteiger partial charge in [-0.2, -0.15) is 15.4 Å². The first-order valence-electron chi connectivity index (χ1n) is 7.73. The fourth-order valence-corrected chi connectivity index (χ4v) is 2.87. The molecule has 3 aromatic heterocycles. The first-order chi connectivity index (χ1) is 11.7. The molecule has 0 atom stereocenters. The van der Waals surface area contributed by atoms with Gasteiger partial charge in [0, 0.05) is 30.0 Å². The van der Waals surface area contributed by atoms with Crippen molar-refractivity contribution >= 4 is 17.3 Å². The molecule has 3 aromatic rings. The van der Waals surface area contributed by atoms with Crippen molar-refractivity contribution in [3.63, 3.8) is 0 Å². The number of nitrogens with zero attached hydrogens (tertiary/aromatic N) is 3. The second kappa shape index (κ2) is 5.80. The third-order valence-corrected chi connectivity index (χ3v) is 4.22. The fraction of sp³-hybridized carbons (Fsp3) is 0.250. The van der Waals surface area contributed by atoms with E-state index in [0.717, 1.165) is 5.52 Å². The zero-order valence-corrected chi connectivity index (χ0v) is 12.8. The topological polar surface area (TPSA) is 104 Å². The van der Waals surface area contributed by atoms with Gasteiger partial charge in [0.05, 0.1) is 11.8 Å². The lowest BCUT2D eigenvalue weighted by molar-refractivity contribution is 0.0860. The maximum atomic E-state index is 12.3. The predicted octanol–water partition coefficient (Wildman–Crippen LogP) is 0.748. The Kier molecular flexibility index (Phi) is 3.49. The molecular formula is C16H16N6O2. The third kappa shape index (κ3) is 2.73. The predicted molar refractivity (Wildman–Crippen MR) is 85.5 cm³/mol. The van der Waals surface area contributed by atoms with Crippen LogP contribution in [-0.4, -0.2) is 43.7 Å². The van der Waals surface area contributed by atoms with E-state index in [1.54, 1.807) is 0 Å². The molecule has 2 amide bonds. The summed E-state index contributed by atoms with van der Waals surface area (Å²) in [7, 11) is 0. The number of H-pyrrole nitrogens is 1. The van der Waals surface area contributed by atoms with Gasteiger partial charge in [0.25, 0.3) is 11.8 Å². The van der Waals surface area contributed by atoms with Gasteiger partial charge in [-0.05, 0) is 31.0 Å². The van der Waals surface area contributed by atoms with Gasteiger partial charge < -0.3 is 15.0 Å². The van der Waals surface area contributed by atoms with Gasteiger partial charge in [-0.15, -0.1) is 0 Å². The number of rotatable bonds is 4. The molecule has 8 heteroatoms. The van der Waals surface area contributed by atoms with Crippen LogP contribution in [0.25, 0.3) is 5.52 Å². The molecule has 1 fully saturated rings. The summed E-state index contributed by atoms with van der Waals surface area (Å²) >= 11 is 0. The lowest BCUT2D eigenvalue weighted by Crippen LogP contribution is -2.53. The summed E-state index contributed by atoms with van der Waals surface area (Å²) in [5.74, 6) is -0.345. The number of carbonyl (C=O) groups is 2. The number of pyridine rings is 1. The van der Waals surface area contributed by atoms with E-state index in [1.807, 2.05) is 41.1 Å². The van der Waals surface area contributed by atoms with Crippen LogP contribution < -0.4 is 10.6 Å². The normalized spacial score (nSPS) is 19.7. The van der Waals surface area contributed by atoms with E-state index in [-0.39, 0.29) is 29.6 Å². The standard InChI is InChI=1S/C16H16N6O2/c23-15(10-5-13-3-1-2-4-22(13)9-10)18-11-6-12(7-11)19-16(24)14-8-17-21-20-14/h1-5,8-9,11-12H,6-7H2,(H,18,23)(H,19,24)(H,17,20,21). The van der Waals surface area contributed by atoms with Crippen molar-refractivity contribution in [3.8, 4) is 0 Å². The molecule has 0 aromatic carbocycles. The van der Waals surface area contributed by atoms with Gasteiger partial charge in [-0.25, -0.2) is 0 Å². The van der Waals surface area contributed by atoms with Crippen molar-refractivity contribution < 1.29 is 9.59 Å². The molecule has 0 bridgehead atoms. The van der Waals surface area contributed by atoms with Crippen LogP contribution in [0.2, 0.25) is 0 Å². The van der Waals surface area contributed by atoms with Crippen LogP contribution in [0, 0.1) is 0 Å². The number of hydrogen-bond donors (Lipinski definition) is 3. The molecule has 8 nitrogen and oxygen atoms in total. The van der Waals surface area contributed by atoms with E-state index in [4.69, 9.17) is 0 Å². The Hall–Kier alpha value is -3.16. The Morgan fingerprint density at radius 1 is 1.17 bits per heavy atom. The average molecular weight is 324 g/mol. The maximum absolute atomic E-state index is 12.3. The zero-order valence-electron chi connectivity index (χ0n) is 12.8. The van der Waals surface area contributed by atoms with E-state index < -0.39 is 0 Å². The molecule has 1 aliphatic rings. The van der Waals surface area contributed by atoms with Crippen molar-refractivity contribution in [2.45, 2.75) is 24.9 Å². The molecule has 4 rings (SSSR count). The van der Waals surface area contributed by atoms with Crippen molar-refractivity contribution in [2.75, 3.05) is 0 Å². The molecule has 0 radical (unpaired) electrons. The molecule has 122 valence electrons. The molecular weight excluding hydrogens is 308 g/mol. The Morgan fingerprint density at radius 2 is 1.96 bits per heavy atom. The van der Waals surface area contributed by atoms with E-state index in [1.165, 1.54) is 6.20 Å². The van der Waals surface area contributed by atoms with Gasteiger partial charge >= 0.3 is 0 Å². The third-order valence-electron chi connectivity index (χ3n) is 4.22. The van der Waals surface area contributed by atoms with Crippen LogP contribution in [-0.2, 0) is 0 Å². The molecule has 24 heavy (non-hydrogen) atoms. The summed E-state index contributed by atoms with van der Waals surface area (Å²) < 4.78 is 1.91. The lowest BCUT2D eigenvalue weighted by atomic mass is 9.86. The maximum Gasteiger partial charge on any atom is 0.273 e. The highest BCUT2D eigenvalue weighted by Gasteiger charge is 2.32. The molecule has 0 unspecified atom stereocenters. The van der Waals surface area contributed by atoms with Gasteiger partial charge in [-0.1, -0.05) is 6.07 Å². The first-order valence-corrected chi connectivity index (χ1v) is 7.73. The van der Waals surface area contributed by atoms with Gasteiger partial charge in [0.2, 0.25) is 0 Å². The molecule has 1 saturated carbocycles. The smallest absolute Gasteiger partial charge is 0.273 e. The minimum Gasteiger partial charge on any atom is -0.349 e. The van der Waals surface area contributed by atoms with E-state index in [9.17, 15) is 9.59 Å². The Labute approximate surface area is 137 Å². The molecule has 3 heterocycles. The van der Waals surface area contributed by atoms with E-state index in [0.29, 0.717) is 18.4 Å². The van der Waals surface area contributed by atoms with Gasteiger partial charge in [0.15, 0.2) is 5.69 Å². The molecule has 1 aliphatic carbocycles. The van der Waals surface area contributed by atoms with Crippen molar-refractivity contribution in [3.05, 3.63) is 54.1 Å². The summed E-state index contributed by atoms with van der Waals surface area (Å²) in [6.07, 6.45) is 6.52. The summed E-state index contributed by atoms with van der Waals surface area (Å²) in [6.45, 7) is 0. The first kappa shape index (κ1) is 14.4. The number of aromatic nitrogens is 4. The molecule has 0 aliphatic heterocycles. The summed E-state index contributed by atoms with van der Waals surface area (Å²) in [5.41, 5.74) is 1.88. The highest BCUT2D eigenvalue weighted by Crippen LogP contribution is 2.21. The number of amides is 2. The zero-order chi connectivity index (χ0) is 16.5. The highest BCUT2D eigenvalue weighted by molar-refractivity contribution is 5.96.